The highest BCUT2D eigenvalue weighted by atomic mass is 32.2. The van der Waals surface area contributed by atoms with Crippen LogP contribution in [0.5, 0.6) is 5.75 Å². The van der Waals surface area contributed by atoms with Gasteiger partial charge in [0.1, 0.15) is 17.4 Å². The summed E-state index contributed by atoms with van der Waals surface area (Å²) in [5, 5.41) is 5.22. The van der Waals surface area contributed by atoms with Gasteiger partial charge in [-0.2, -0.15) is 0 Å². The molecule has 0 spiro atoms. The van der Waals surface area contributed by atoms with Gasteiger partial charge in [-0.15, -0.1) is 0 Å². The first kappa shape index (κ1) is 18.1. The molecule has 0 aliphatic carbocycles. The van der Waals surface area contributed by atoms with Crippen molar-refractivity contribution in [3.05, 3.63) is 71.8 Å². The maximum Gasteiger partial charge on any atom is 0.322 e. The largest absolute Gasteiger partial charge is 0.489 e. The van der Waals surface area contributed by atoms with E-state index in [1.165, 1.54) is 23.7 Å². The lowest BCUT2D eigenvalue weighted by atomic mass is 10.1. The van der Waals surface area contributed by atoms with Crippen LogP contribution in [0.2, 0.25) is 0 Å². The molecule has 0 bridgehead atoms. The summed E-state index contributed by atoms with van der Waals surface area (Å²) < 4.78 is 11.2. The van der Waals surface area contributed by atoms with Crippen LogP contribution in [-0.2, 0) is 11.4 Å². The zero-order valence-corrected chi connectivity index (χ0v) is 15.8. The number of rotatable bonds is 6. The van der Waals surface area contributed by atoms with Crippen LogP contribution in [0, 0.1) is 6.92 Å². The van der Waals surface area contributed by atoms with E-state index in [0.29, 0.717) is 17.4 Å². The summed E-state index contributed by atoms with van der Waals surface area (Å²) in [5.41, 5.74) is 2.31. The second kappa shape index (κ2) is 7.77. The number of carbonyl (C=O) groups is 2. The van der Waals surface area contributed by atoms with Crippen LogP contribution in [0.4, 0.5) is 4.79 Å². The van der Waals surface area contributed by atoms with Gasteiger partial charge in [0, 0.05) is 4.90 Å². The molecule has 3 aromatic rings. The molecule has 1 saturated heterocycles. The van der Waals surface area contributed by atoms with Crippen LogP contribution in [0.25, 0.3) is 0 Å². The number of amides is 3. The van der Waals surface area contributed by atoms with E-state index in [0.717, 1.165) is 16.2 Å². The van der Waals surface area contributed by atoms with E-state index in [2.05, 4.69) is 21.7 Å². The lowest BCUT2D eigenvalue weighted by Gasteiger charge is -2.08. The third-order valence-corrected chi connectivity index (χ3v) is 5.13. The van der Waals surface area contributed by atoms with Crippen LogP contribution >= 0.6 is 11.8 Å². The minimum absolute atomic E-state index is 0.313. The fourth-order valence-electron chi connectivity index (χ4n) is 2.80. The Labute approximate surface area is 165 Å². The molecule has 2 heterocycles. The van der Waals surface area contributed by atoms with Crippen LogP contribution in [-0.4, -0.2) is 16.9 Å². The van der Waals surface area contributed by atoms with Gasteiger partial charge in [-0.05, 0) is 36.8 Å². The lowest BCUT2D eigenvalue weighted by molar-refractivity contribution is -0.120. The number of benzene rings is 2. The number of carbonyl (C=O) groups excluding carboxylic acids is 2. The number of aromatic nitrogens is 1. The average molecular weight is 395 g/mol. The fraction of sp³-hybridized carbons (Fsp3) is 0.150. The molecular formula is C20H17N3O4S. The van der Waals surface area contributed by atoms with E-state index in [-0.39, 0.29) is 0 Å². The lowest BCUT2D eigenvalue weighted by Crippen LogP contribution is -2.22. The first-order chi connectivity index (χ1) is 13.6. The standard InChI is InChI=1S/C20H17N3O4S/c1-12-3-2-4-13(9-12)10-26-14-5-7-15(8-6-14)28-19-17(27-11-21-19)16-18(24)23-20(25)22-16/h2-9,11,16H,10H2,1H3,(H2,22,23,24,25). The van der Waals surface area contributed by atoms with Crippen molar-refractivity contribution in [2.45, 2.75) is 29.5 Å². The summed E-state index contributed by atoms with van der Waals surface area (Å²) in [5.74, 6) is 0.616. The van der Waals surface area contributed by atoms with E-state index < -0.39 is 18.0 Å². The van der Waals surface area contributed by atoms with Crippen molar-refractivity contribution in [1.29, 1.82) is 0 Å². The van der Waals surface area contributed by atoms with E-state index in [4.69, 9.17) is 9.15 Å². The average Bonchev–Trinajstić information content (AvgIpc) is 3.26. The molecule has 2 aromatic carbocycles. The number of hydrogen-bond acceptors (Lipinski definition) is 6. The quantitative estimate of drug-likeness (QED) is 0.620. The second-order valence-electron chi connectivity index (χ2n) is 6.27. The number of nitrogens with one attached hydrogen (secondary N) is 2. The molecule has 0 saturated carbocycles. The smallest absolute Gasteiger partial charge is 0.322 e. The molecule has 4 rings (SSSR count). The van der Waals surface area contributed by atoms with Crippen LogP contribution in [0.15, 0.2) is 69.3 Å². The maximum atomic E-state index is 11.8. The molecule has 1 unspecified atom stereocenters. The summed E-state index contributed by atoms with van der Waals surface area (Å²) in [4.78, 5) is 28.2. The molecule has 3 amide bonds. The predicted octanol–water partition coefficient (Wildman–Crippen LogP) is 3.59. The highest BCUT2D eigenvalue weighted by molar-refractivity contribution is 7.99. The molecule has 28 heavy (non-hydrogen) atoms. The van der Waals surface area contributed by atoms with Gasteiger partial charge in [-0.3, -0.25) is 10.1 Å². The van der Waals surface area contributed by atoms with E-state index in [1.807, 2.05) is 49.4 Å². The monoisotopic (exact) mass is 395 g/mol. The highest BCUT2D eigenvalue weighted by Gasteiger charge is 2.35. The third kappa shape index (κ3) is 4.01. The number of imide groups is 1. The summed E-state index contributed by atoms with van der Waals surface area (Å²) in [6.07, 6.45) is 1.26. The SMILES string of the molecule is Cc1cccc(COc2ccc(Sc3ncoc3C3NC(=O)NC3=O)cc2)c1. The van der Waals surface area contributed by atoms with Gasteiger partial charge >= 0.3 is 6.03 Å². The van der Waals surface area contributed by atoms with Gasteiger partial charge < -0.3 is 14.5 Å². The Morgan fingerprint density at radius 1 is 1.18 bits per heavy atom. The first-order valence-electron chi connectivity index (χ1n) is 8.59. The number of nitrogens with zero attached hydrogens (tertiary/aromatic N) is 1. The zero-order valence-electron chi connectivity index (χ0n) is 15.0. The highest BCUT2D eigenvalue weighted by Crippen LogP contribution is 2.34. The fourth-order valence-corrected chi connectivity index (χ4v) is 3.66. The Kier molecular flexibility index (Phi) is 5.03. The Morgan fingerprint density at radius 3 is 2.71 bits per heavy atom. The van der Waals surface area contributed by atoms with Gasteiger partial charge in [0.05, 0.1) is 0 Å². The Bertz CT molecular complexity index is 1020. The first-order valence-corrected chi connectivity index (χ1v) is 9.41. The number of aryl methyl sites for hydroxylation is 1. The molecule has 1 aliphatic heterocycles. The zero-order chi connectivity index (χ0) is 19.5. The van der Waals surface area contributed by atoms with Gasteiger partial charge in [0.25, 0.3) is 5.91 Å². The molecule has 7 nitrogen and oxygen atoms in total. The van der Waals surface area contributed by atoms with Crippen molar-refractivity contribution >= 4 is 23.7 Å². The summed E-state index contributed by atoms with van der Waals surface area (Å²) >= 11 is 1.34. The molecule has 1 aliphatic rings. The predicted molar refractivity (Wildman–Crippen MR) is 102 cm³/mol. The number of oxazole rings is 1. The third-order valence-electron chi connectivity index (χ3n) is 4.12. The maximum absolute atomic E-state index is 11.8. The molecule has 2 N–H and O–H groups in total. The molecule has 142 valence electrons. The van der Waals surface area contributed by atoms with Crippen molar-refractivity contribution < 1.29 is 18.7 Å². The topological polar surface area (TPSA) is 93.5 Å². The van der Waals surface area contributed by atoms with Crippen molar-refractivity contribution in [1.82, 2.24) is 15.6 Å². The number of ether oxygens (including phenoxy) is 1. The summed E-state index contributed by atoms with van der Waals surface area (Å²) in [6, 6.07) is 14.3. The van der Waals surface area contributed by atoms with E-state index >= 15 is 0 Å². The Hall–Kier alpha value is -3.26. The van der Waals surface area contributed by atoms with Gasteiger partial charge in [-0.25, -0.2) is 9.78 Å². The van der Waals surface area contributed by atoms with Crippen molar-refractivity contribution in [2.24, 2.45) is 0 Å². The van der Waals surface area contributed by atoms with Crippen molar-refractivity contribution in [3.8, 4) is 5.75 Å². The minimum atomic E-state index is -0.866. The Morgan fingerprint density at radius 2 is 2.00 bits per heavy atom. The molecule has 0 radical (unpaired) electrons. The normalized spacial score (nSPS) is 16.0. The van der Waals surface area contributed by atoms with Gasteiger partial charge in [0.2, 0.25) is 0 Å². The van der Waals surface area contributed by atoms with E-state index in [1.54, 1.807) is 0 Å². The van der Waals surface area contributed by atoms with Gasteiger partial charge in [0.15, 0.2) is 18.2 Å². The minimum Gasteiger partial charge on any atom is -0.489 e. The summed E-state index contributed by atoms with van der Waals surface area (Å²) in [7, 11) is 0. The van der Waals surface area contributed by atoms with Gasteiger partial charge in [-0.1, -0.05) is 41.6 Å². The number of hydrogen-bond donors (Lipinski definition) is 2. The molecule has 1 aromatic heterocycles. The van der Waals surface area contributed by atoms with E-state index in [9.17, 15) is 9.59 Å². The van der Waals surface area contributed by atoms with Crippen LogP contribution in [0.1, 0.15) is 22.9 Å². The van der Waals surface area contributed by atoms with Crippen LogP contribution < -0.4 is 15.4 Å². The molecule has 1 fully saturated rings. The molecule has 1 atom stereocenters. The molecule has 8 heteroatoms. The number of urea groups is 1. The van der Waals surface area contributed by atoms with Crippen molar-refractivity contribution in [2.75, 3.05) is 0 Å². The Balaban J connectivity index is 1.41. The summed E-state index contributed by atoms with van der Waals surface area (Å²) in [6.45, 7) is 2.55. The van der Waals surface area contributed by atoms with Crippen LogP contribution in [0.3, 0.4) is 0 Å². The second-order valence-corrected chi connectivity index (χ2v) is 7.33. The van der Waals surface area contributed by atoms with Crippen molar-refractivity contribution in [3.63, 3.8) is 0 Å². The molecular weight excluding hydrogens is 378 g/mol.